The molecule has 2 amide bonds. The molecule has 1 aromatic rings. The molecule has 0 saturated heterocycles. The van der Waals surface area contributed by atoms with Crippen molar-refractivity contribution in [1.29, 1.82) is 0 Å². The molecule has 0 saturated carbocycles. The molecule has 0 bridgehead atoms. The number of H-pyrrole nitrogens is 1. The molecule has 3 N–H and O–H groups in total. The molecule has 1 atom stereocenters. The molecule has 0 radical (unpaired) electrons. The van der Waals surface area contributed by atoms with E-state index in [4.69, 9.17) is 5.11 Å². The lowest BCUT2D eigenvalue weighted by Gasteiger charge is -2.25. The number of carbonyl (C=O) groups excluding carboxylic acids is 2. The SMILES string of the molecule is CC[C@@H](NC(C)=O)C(=O)N(CCO)Cc1ncc[nH]1. The number of carbonyl (C=O) groups is 2. The number of hydrogen-bond acceptors (Lipinski definition) is 4. The third-order valence-electron chi connectivity index (χ3n) is 2.66. The molecule has 0 spiro atoms. The normalized spacial score (nSPS) is 11.9. The van der Waals surface area contributed by atoms with Crippen molar-refractivity contribution < 1.29 is 14.7 Å². The molecular weight excluding hydrogens is 248 g/mol. The highest BCUT2D eigenvalue weighted by molar-refractivity contribution is 5.86. The number of amides is 2. The molecular formula is C12H20N4O3. The zero-order valence-corrected chi connectivity index (χ0v) is 11.2. The minimum atomic E-state index is -0.570. The number of rotatable bonds is 7. The van der Waals surface area contributed by atoms with Crippen molar-refractivity contribution in [3.05, 3.63) is 18.2 Å². The summed E-state index contributed by atoms with van der Waals surface area (Å²) in [6, 6.07) is -0.570. The molecule has 0 aliphatic heterocycles. The highest BCUT2D eigenvalue weighted by Crippen LogP contribution is 2.04. The largest absolute Gasteiger partial charge is 0.395 e. The van der Waals surface area contributed by atoms with Crippen molar-refractivity contribution in [2.24, 2.45) is 0 Å². The first kappa shape index (κ1) is 15.2. The highest BCUT2D eigenvalue weighted by atomic mass is 16.3. The van der Waals surface area contributed by atoms with E-state index in [-0.39, 0.29) is 31.5 Å². The van der Waals surface area contributed by atoms with Gasteiger partial charge in [0.25, 0.3) is 0 Å². The summed E-state index contributed by atoms with van der Waals surface area (Å²) < 4.78 is 0. The van der Waals surface area contributed by atoms with E-state index in [0.717, 1.165) is 0 Å². The maximum absolute atomic E-state index is 12.3. The van der Waals surface area contributed by atoms with Gasteiger partial charge in [0.05, 0.1) is 13.2 Å². The molecule has 7 nitrogen and oxygen atoms in total. The number of aliphatic hydroxyl groups excluding tert-OH is 1. The van der Waals surface area contributed by atoms with Gasteiger partial charge in [0.15, 0.2) is 0 Å². The van der Waals surface area contributed by atoms with Crippen LogP contribution in [0, 0.1) is 0 Å². The Morgan fingerprint density at radius 3 is 2.79 bits per heavy atom. The lowest BCUT2D eigenvalue weighted by atomic mass is 10.2. The van der Waals surface area contributed by atoms with E-state index < -0.39 is 6.04 Å². The monoisotopic (exact) mass is 268 g/mol. The summed E-state index contributed by atoms with van der Waals surface area (Å²) in [5.41, 5.74) is 0. The van der Waals surface area contributed by atoms with Crippen LogP contribution in [0.5, 0.6) is 0 Å². The highest BCUT2D eigenvalue weighted by Gasteiger charge is 2.23. The lowest BCUT2D eigenvalue weighted by molar-refractivity contribution is -0.137. The van der Waals surface area contributed by atoms with Crippen LogP contribution in [0.3, 0.4) is 0 Å². The van der Waals surface area contributed by atoms with Crippen LogP contribution in [0.25, 0.3) is 0 Å². The van der Waals surface area contributed by atoms with Crippen LogP contribution < -0.4 is 5.32 Å². The third kappa shape index (κ3) is 4.70. The van der Waals surface area contributed by atoms with Crippen molar-refractivity contribution in [3.8, 4) is 0 Å². The van der Waals surface area contributed by atoms with Crippen LogP contribution in [0.15, 0.2) is 12.4 Å². The standard InChI is InChI=1S/C12H20N4O3/c1-3-10(15-9(2)18)12(19)16(6-7-17)8-11-13-4-5-14-11/h4-5,10,17H,3,6-8H2,1-2H3,(H,13,14)(H,15,18)/t10-/m1/s1. The van der Waals surface area contributed by atoms with Gasteiger partial charge >= 0.3 is 0 Å². The molecule has 0 aromatic carbocycles. The van der Waals surface area contributed by atoms with E-state index in [1.807, 2.05) is 6.92 Å². The minimum absolute atomic E-state index is 0.136. The van der Waals surface area contributed by atoms with Gasteiger partial charge in [-0.2, -0.15) is 0 Å². The molecule has 1 aromatic heterocycles. The van der Waals surface area contributed by atoms with Gasteiger partial charge in [0.2, 0.25) is 11.8 Å². The summed E-state index contributed by atoms with van der Waals surface area (Å²) in [6.07, 6.45) is 3.77. The van der Waals surface area contributed by atoms with Crippen molar-refractivity contribution >= 4 is 11.8 Å². The predicted octanol–water partition coefficient (Wildman–Crippen LogP) is -0.355. The second-order valence-electron chi connectivity index (χ2n) is 4.18. The Bertz CT molecular complexity index is 405. The number of nitrogens with one attached hydrogen (secondary N) is 2. The molecule has 0 aliphatic rings. The first-order chi connectivity index (χ1) is 9.08. The maximum atomic E-state index is 12.3. The number of aliphatic hydroxyl groups is 1. The fraction of sp³-hybridized carbons (Fsp3) is 0.583. The number of hydrogen-bond donors (Lipinski definition) is 3. The number of nitrogens with zero attached hydrogens (tertiary/aromatic N) is 2. The lowest BCUT2D eigenvalue weighted by Crippen LogP contribution is -2.48. The fourth-order valence-electron chi connectivity index (χ4n) is 1.76. The van der Waals surface area contributed by atoms with E-state index >= 15 is 0 Å². The number of aromatic nitrogens is 2. The smallest absolute Gasteiger partial charge is 0.245 e. The van der Waals surface area contributed by atoms with E-state index in [9.17, 15) is 9.59 Å². The topological polar surface area (TPSA) is 98.3 Å². The maximum Gasteiger partial charge on any atom is 0.245 e. The van der Waals surface area contributed by atoms with E-state index in [1.165, 1.54) is 11.8 Å². The predicted molar refractivity (Wildman–Crippen MR) is 69.0 cm³/mol. The average Bonchev–Trinajstić information content (AvgIpc) is 2.87. The Labute approximate surface area is 112 Å². The van der Waals surface area contributed by atoms with Gasteiger partial charge in [0, 0.05) is 25.9 Å². The van der Waals surface area contributed by atoms with Crippen LogP contribution in [-0.2, 0) is 16.1 Å². The fourth-order valence-corrected chi connectivity index (χ4v) is 1.76. The zero-order chi connectivity index (χ0) is 14.3. The van der Waals surface area contributed by atoms with E-state index in [0.29, 0.717) is 12.2 Å². The van der Waals surface area contributed by atoms with Crippen LogP contribution in [-0.4, -0.2) is 51.0 Å². The molecule has 106 valence electrons. The first-order valence-corrected chi connectivity index (χ1v) is 6.23. The third-order valence-corrected chi connectivity index (χ3v) is 2.66. The Morgan fingerprint density at radius 2 is 2.32 bits per heavy atom. The molecule has 0 aliphatic carbocycles. The van der Waals surface area contributed by atoms with Crippen LogP contribution in [0.4, 0.5) is 0 Å². The quantitative estimate of drug-likeness (QED) is 0.629. The molecule has 1 rings (SSSR count). The second kappa shape index (κ2) is 7.52. The summed E-state index contributed by atoms with van der Waals surface area (Å²) in [6.45, 7) is 3.54. The molecule has 7 heteroatoms. The summed E-state index contributed by atoms with van der Waals surface area (Å²) in [4.78, 5) is 31.8. The van der Waals surface area contributed by atoms with Crippen molar-refractivity contribution in [3.63, 3.8) is 0 Å². The van der Waals surface area contributed by atoms with Gasteiger partial charge in [-0.1, -0.05) is 6.92 Å². The van der Waals surface area contributed by atoms with Gasteiger partial charge in [-0.15, -0.1) is 0 Å². The van der Waals surface area contributed by atoms with Gasteiger partial charge in [-0.25, -0.2) is 4.98 Å². The van der Waals surface area contributed by atoms with E-state index in [1.54, 1.807) is 12.4 Å². The minimum Gasteiger partial charge on any atom is -0.395 e. The summed E-state index contributed by atoms with van der Waals surface area (Å²) in [5.74, 6) is 0.171. The van der Waals surface area contributed by atoms with Crippen molar-refractivity contribution in [1.82, 2.24) is 20.2 Å². The Hall–Kier alpha value is -1.89. The number of imidazole rings is 1. The van der Waals surface area contributed by atoms with Gasteiger partial charge in [-0.05, 0) is 6.42 Å². The second-order valence-corrected chi connectivity index (χ2v) is 4.18. The molecule has 0 unspecified atom stereocenters. The van der Waals surface area contributed by atoms with Crippen molar-refractivity contribution in [2.45, 2.75) is 32.9 Å². The van der Waals surface area contributed by atoms with Gasteiger partial charge in [0.1, 0.15) is 11.9 Å². The first-order valence-electron chi connectivity index (χ1n) is 6.23. The molecule has 0 fully saturated rings. The Balaban J connectivity index is 2.72. The van der Waals surface area contributed by atoms with Crippen LogP contribution in [0.2, 0.25) is 0 Å². The van der Waals surface area contributed by atoms with E-state index in [2.05, 4.69) is 15.3 Å². The van der Waals surface area contributed by atoms with Crippen molar-refractivity contribution in [2.75, 3.05) is 13.2 Å². The van der Waals surface area contributed by atoms with Gasteiger partial charge in [-0.3, -0.25) is 9.59 Å². The van der Waals surface area contributed by atoms with Crippen LogP contribution >= 0.6 is 0 Å². The Morgan fingerprint density at radius 1 is 1.58 bits per heavy atom. The summed E-state index contributed by atoms with van der Waals surface area (Å²) >= 11 is 0. The summed E-state index contributed by atoms with van der Waals surface area (Å²) in [5, 5.41) is 11.6. The van der Waals surface area contributed by atoms with Gasteiger partial charge < -0.3 is 20.3 Å². The number of aromatic amines is 1. The summed E-state index contributed by atoms with van der Waals surface area (Å²) in [7, 11) is 0. The molecule has 19 heavy (non-hydrogen) atoms. The molecule has 1 heterocycles. The zero-order valence-electron chi connectivity index (χ0n) is 11.2. The Kier molecular flexibility index (Phi) is 6.01. The average molecular weight is 268 g/mol. The van der Waals surface area contributed by atoms with Crippen LogP contribution in [0.1, 0.15) is 26.1 Å².